The van der Waals surface area contributed by atoms with Gasteiger partial charge in [0.05, 0.1) is 45.0 Å². The number of amides is 1. The third-order valence-electron chi connectivity index (χ3n) is 10.8. The molecule has 3 aromatic carbocycles. The molecular formula is C43H58Cl2N4O6S3. The summed E-state index contributed by atoms with van der Waals surface area (Å²) in [5, 5.41) is 8.51. The van der Waals surface area contributed by atoms with E-state index in [4.69, 9.17) is 38.1 Å². The van der Waals surface area contributed by atoms with Crippen molar-refractivity contribution in [3.05, 3.63) is 86.8 Å². The van der Waals surface area contributed by atoms with Gasteiger partial charge in [0.1, 0.15) is 5.01 Å². The second kappa shape index (κ2) is 22.3. The van der Waals surface area contributed by atoms with Crippen molar-refractivity contribution in [3.8, 4) is 11.1 Å². The van der Waals surface area contributed by atoms with Gasteiger partial charge in [0.25, 0.3) is 0 Å². The number of carbonyl (C=O) groups excluding carboxylic acids is 1. The van der Waals surface area contributed by atoms with Crippen molar-refractivity contribution in [3.63, 3.8) is 0 Å². The van der Waals surface area contributed by atoms with Gasteiger partial charge in [0, 0.05) is 26.2 Å². The van der Waals surface area contributed by atoms with Crippen LogP contribution < -0.4 is 10.5 Å². The Morgan fingerprint density at radius 1 is 0.810 bits per heavy atom. The molecule has 1 aromatic heterocycles. The van der Waals surface area contributed by atoms with Crippen LogP contribution in [0.15, 0.2) is 60.7 Å². The molecule has 4 aromatic rings. The summed E-state index contributed by atoms with van der Waals surface area (Å²) in [6.45, 7) is 6.00. The number of thiazole rings is 1. The van der Waals surface area contributed by atoms with E-state index in [-0.39, 0.29) is 28.0 Å². The lowest BCUT2D eigenvalue weighted by Crippen LogP contribution is -2.51. The van der Waals surface area contributed by atoms with Gasteiger partial charge >= 0.3 is 0 Å². The lowest BCUT2D eigenvalue weighted by Gasteiger charge is -2.30. The fourth-order valence-corrected chi connectivity index (χ4v) is 11.8. The number of ether oxygens (including phenoxy) is 1. The van der Waals surface area contributed by atoms with E-state index >= 15 is 0 Å². The minimum absolute atomic E-state index is 0.0351. The Balaban J connectivity index is 1.43. The van der Waals surface area contributed by atoms with E-state index < -0.39 is 42.0 Å². The van der Waals surface area contributed by atoms with Gasteiger partial charge in [0.15, 0.2) is 9.84 Å². The molecule has 1 aliphatic heterocycles. The second-order valence-electron chi connectivity index (χ2n) is 15.4. The Hall–Kier alpha value is -2.62. The van der Waals surface area contributed by atoms with Gasteiger partial charge < -0.3 is 10.1 Å². The predicted molar refractivity (Wildman–Crippen MR) is 239 cm³/mol. The van der Waals surface area contributed by atoms with E-state index in [1.54, 1.807) is 6.07 Å². The Morgan fingerprint density at radius 2 is 1.41 bits per heavy atom. The highest BCUT2D eigenvalue weighted by Crippen LogP contribution is 2.43. The number of hydrogen-bond donors (Lipinski definition) is 2. The van der Waals surface area contributed by atoms with Crippen molar-refractivity contribution >= 4 is 70.5 Å². The van der Waals surface area contributed by atoms with E-state index in [1.165, 1.54) is 74.0 Å². The van der Waals surface area contributed by atoms with Crippen molar-refractivity contribution in [1.29, 1.82) is 0 Å². The number of nitrogens with one attached hydrogen (secondary N) is 1. The van der Waals surface area contributed by atoms with Gasteiger partial charge in [-0.1, -0.05) is 144 Å². The molecule has 1 amide bonds. The number of rotatable bonds is 24. The number of hydrogen-bond acceptors (Lipinski definition) is 9. The molecule has 3 N–H and O–H groups in total. The van der Waals surface area contributed by atoms with Gasteiger partial charge in [0.2, 0.25) is 20.7 Å². The summed E-state index contributed by atoms with van der Waals surface area (Å²) in [4.78, 5) is 21.8. The first-order valence-electron chi connectivity index (χ1n) is 20.6. The third-order valence-corrected chi connectivity index (χ3v) is 16.0. The maximum Gasteiger partial charge on any atom is 0.248 e. The highest BCUT2D eigenvalue weighted by atomic mass is 35.5. The number of benzene rings is 3. The van der Waals surface area contributed by atoms with Crippen molar-refractivity contribution in [1.82, 2.24) is 15.2 Å². The molecule has 1 aliphatic rings. The zero-order valence-corrected chi connectivity index (χ0v) is 37.5. The first-order valence-corrected chi connectivity index (χ1v) is 25.5. The number of carbonyl (C=O) groups is 1. The molecule has 1 fully saturated rings. The lowest BCUT2D eigenvalue weighted by molar-refractivity contribution is -0.124. The fourth-order valence-electron chi connectivity index (χ4n) is 7.48. The zero-order chi connectivity index (χ0) is 41.6. The van der Waals surface area contributed by atoms with E-state index in [1.807, 2.05) is 18.2 Å². The number of sulfone groups is 1. The minimum atomic E-state index is -4.38. The molecule has 0 spiro atoms. The highest BCUT2D eigenvalue weighted by Gasteiger charge is 2.54. The number of halogens is 2. The predicted octanol–water partition coefficient (Wildman–Crippen LogP) is 9.41. The number of nitrogens with zero attached hydrogens (tertiary/aromatic N) is 2. The van der Waals surface area contributed by atoms with Crippen LogP contribution in [0, 0.1) is 0 Å². The van der Waals surface area contributed by atoms with Crippen molar-refractivity contribution in [2.24, 2.45) is 5.14 Å². The van der Waals surface area contributed by atoms with Crippen molar-refractivity contribution in [2.45, 2.75) is 107 Å². The Labute approximate surface area is 359 Å². The van der Waals surface area contributed by atoms with Crippen LogP contribution in [0.25, 0.3) is 21.3 Å². The van der Waals surface area contributed by atoms with E-state index in [2.05, 4.69) is 41.4 Å². The molecule has 15 heteroatoms. The zero-order valence-electron chi connectivity index (χ0n) is 33.5. The molecule has 318 valence electrons. The first kappa shape index (κ1) is 46.4. The largest absolute Gasteiger partial charge is 0.379 e. The number of sulfonamides is 1. The Morgan fingerprint density at radius 3 is 2.03 bits per heavy atom. The third kappa shape index (κ3) is 13.2. The molecule has 5 rings (SSSR count). The van der Waals surface area contributed by atoms with Crippen molar-refractivity contribution in [2.75, 3.05) is 38.6 Å². The molecule has 10 nitrogen and oxygen atoms in total. The molecule has 0 radical (unpaired) electrons. The number of primary sulfonamides is 1. The van der Waals surface area contributed by atoms with Crippen LogP contribution in [0.5, 0.6) is 0 Å². The van der Waals surface area contributed by atoms with Gasteiger partial charge in [-0.05, 0) is 52.9 Å². The smallest absolute Gasteiger partial charge is 0.248 e. The standard InChI is InChI=1S/C43H58Cl2N4O6S3/c1-2-3-4-5-6-7-8-9-10-11-12-13-22-43(41(50)47-23-28-58(46,53)54,57(51,52)32-34-16-20-37(44)38(45)29-34)42-48-39-21-19-36(30-40(39)56-42)35-17-14-33(15-18-35)31-49-24-26-55-27-25-49/h14-21,29-30H,2-13,22-28,31-32H2,1H3,(H,47,50)(H2,46,53,54). The number of fused-ring (bicyclic) bond motifs is 1. The van der Waals surface area contributed by atoms with Crippen LogP contribution in [-0.4, -0.2) is 71.2 Å². The summed E-state index contributed by atoms with van der Waals surface area (Å²) >= 11 is 13.7. The van der Waals surface area contributed by atoms with Gasteiger partial charge in [-0.3, -0.25) is 9.69 Å². The SMILES string of the molecule is CCCCCCCCCCCCCCC(C(=O)NCCS(N)(=O)=O)(c1nc2ccc(-c3ccc(CN4CCOCC4)cc3)cc2s1)S(=O)(=O)Cc1ccc(Cl)c(Cl)c1. The van der Waals surface area contributed by atoms with Crippen molar-refractivity contribution < 1.29 is 26.4 Å². The number of aromatic nitrogens is 1. The van der Waals surface area contributed by atoms with Crippen LogP contribution in [0.2, 0.25) is 10.0 Å². The Bertz CT molecular complexity index is 2160. The summed E-state index contributed by atoms with van der Waals surface area (Å²) in [7, 11) is -8.32. The van der Waals surface area contributed by atoms with Gasteiger partial charge in [-0.2, -0.15) is 0 Å². The molecule has 2 heterocycles. The van der Waals surface area contributed by atoms with E-state index in [0.29, 0.717) is 17.5 Å². The molecule has 0 saturated carbocycles. The molecule has 1 saturated heterocycles. The monoisotopic (exact) mass is 892 g/mol. The van der Waals surface area contributed by atoms with Crippen LogP contribution in [-0.2, 0) is 46.4 Å². The summed E-state index contributed by atoms with van der Waals surface area (Å²) in [6, 6.07) is 18.8. The minimum Gasteiger partial charge on any atom is -0.379 e. The van der Waals surface area contributed by atoms with Gasteiger partial charge in [-0.15, -0.1) is 11.3 Å². The normalized spacial score (nSPS) is 15.1. The summed E-state index contributed by atoms with van der Waals surface area (Å²) in [5.74, 6) is -1.88. The quantitative estimate of drug-likeness (QED) is 0.0662. The molecule has 1 unspecified atom stereocenters. The maximum absolute atomic E-state index is 15.0. The van der Waals surface area contributed by atoms with Crippen LogP contribution in [0.4, 0.5) is 0 Å². The van der Waals surface area contributed by atoms with E-state index in [0.717, 1.165) is 74.4 Å². The molecular weight excluding hydrogens is 836 g/mol. The number of unbranched alkanes of at least 4 members (excludes halogenated alkanes) is 11. The summed E-state index contributed by atoms with van der Waals surface area (Å²) in [6.07, 6.45) is 12.9. The molecule has 0 bridgehead atoms. The molecule has 58 heavy (non-hydrogen) atoms. The van der Waals surface area contributed by atoms with Gasteiger partial charge in [-0.25, -0.2) is 27.0 Å². The average molecular weight is 894 g/mol. The Kier molecular flexibility index (Phi) is 17.8. The lowest BCUT2D eigenvalue weighted by atomic mass is 9.98. The second-order valence-corrected chi connectivity index (χ2v) is 21.2. The molecule has 1 atom stereocenters. The highest BCUT2D eigenvalue weighted by molar-refractivity contribution is 7.92. The maximum atomic E-state index is 15.0. The number of nitrogens with two attached hydrogens (primary N) is 1. The van der Waals surface area contributed by atoms with Crippen LogP contribution >= 0.6 is 34.5 Å². The number of morpholine rings is 1. The fraction of sp³-hybridized carbons (Fsp3) is 0.535. The first-order chi connectivity index (χ1) is 27.8. The summed E-state index contributed by atoms with van der Waals surface area (Å²) in [5.41, 5.74) is 4.07. The van der Waals surface area contributed by atoms with Crippen LogP contribution in [0.1, 0.15) is 107 Å². The van der Waals surface area contributed by atoms with E-state index in [9.17, 15) is 21.6 Å². The average Bonchev–Trinajstić information content (AvgIpc) is 3.62. The molecule has 0 aliphatic carbocycles. The van der Waals surface area contributed by atoms with Crippen LogP contribution in [0.3, 0.4) is 0 Å². The summed E-state index contributed by atoms with van der Waals surface area (Å²) < 4.78 is 57.8. The topological polar surface area (TPSA) is 149 Å².